The third kappa shape index (κ3) is 3.01. The molecule has 0 fully saturated rings. The minimum Gasteiger partial charge on any atom is -0.298 e. The van der Waals surface area contributed by atoms with Crippen molar-refractivity contribution in [2.45, 2.75) is 6.42 Å². The number of anilines is 2. The maximum Gasteiger partial charge on any atom is 0.150 e. The molecule has 1 aliphatic heterocycles. The standard InChI is InChI=1S/C18H15N3O/c22-14-15-8-10-16(11-9-15)21(18-7-3-5-13-20-18)17-6-2-1-4-12-19-17/h1-3,5-14H,4H2. The smallest absolute Gasteiger partial charge is 0.150 e. The fourth-order valence-electron chi connectivity index (χ4n) is 2.18. The molecule has 0 unspecified atom stereocenters. The Morgan fingerprint density at radius 1 is 1.09 bits per heavy atom. The van der Waals surface area contributed by atoms with Gasteiger partial charge in [0.05, 0.1) is 0 Å². The number of hydrogen-bond acceptors (Lipinski definition) is 4. The van der Waals surface area contributed by atoms with Crippen LogP contribution in [0, 0.1) is 0 Å². The molecule has 1 aromatic carbocycles. The normalized spacial score (nSPS) is 13.4. The van der Waals surface area contributed by atoms with E-state index in [0.29, 0.717) is 5.56 Å². The van der Waals surface area contributed by atoms with Gasteiger partial charge in [-0.1, -0.05) is 18.2 Å². The number of carbonyl (C=O) groups excluding carboxylic acids is 1. The molecule has 108 valence electrons. The maximum atomic E-state index is 10.8. The number of rotatable bonds is 4. The molecule has 2 heterocycles. The predicted octanol–water partition coefficient (Wildman–Crippen LogP) is 3.90. The van der Waals surface area contributed by atoms with E-state index in [1.54, 1.807) is 18.3 Å². The summed E-state index contributed by atoms with van der Waals surface area (Å²) in [5.41, 5.74) is 1.55. The molecule has 0 radical (unpaired) electrons. The lowest BCUT2D eigenvalue weighted by Crippen LogP contribution is -2.16. The zero-order valence-electron chi connectivity index (χ0n) is 12.0. The number of carbonyl (C=O) groups is 1. The lowest BCUT2D eigenvalue weighted by atomic mass is 10.2. The average Bonchev–Trinajstić information content (AvgIpc) is 2.86. The Kier molecular flexibility index (Phi) is 4.20. The summed E-state index contributed by atoms with van der Waals surface area (Å²) in [4.78, 5) is 21.7. The van der Waals surface area contributed by atoms with Crippen LogP contribution in [0.2, 0.25) is 0 Å². The molecule has 0 amide bonds. The summed E-state index contributed by atoms with van der Waals surface area (Å²) in [6.45, 7) is 0. The third-order valence-corrected chi connectivity index (χ3v) is 3.24. The number of aldehydes is 1. The van der Waals surface area contributed by atoms with Crippen molar-refractivity contribution in [1.29, 1.82) is 0 Å². The summed E-state index contributed by atoms with van der Waals surface area (Å²) < 4.78 is 0. The summed E-state index contributed by atoms with van der Waals surface area (Å²) in [7, 11) is 0. The second kappa shape index (κ2) is 6.63. The van der Waals surface area contributed by atoms with Crippen LogP contribution in [0.15, 0.2) is 77.7 Å². The molecular weight excluding hydrogens is 274 g/mol. The lowest BCUT2D eigenvalue weighted by Gasteiger charge is -2.23. The highest BCUT2D eigenvalue weighted by atomic mass is 16.1. The van der Waals surface area contributed by atoms with E-state index >= 15 is 0 Å². The van der Waals surface area contributed by atoms with Crippen molar-refractivity contribution in [2.75, 3.05) is 4.90 Å². The van der Waals surface area contributed by atoms with Crippen LogP contribution in [-0.2, 0) is 0 Å². The zero-order valence-corrected chi connectivity index (χ0v) is 12.0. The van der Waals surface area contributed by atoms with Crippen LogP contribution in [0.25, 0.3) is 0 Å². The molecule has 0 bridgehead atoms. The quantitative estimate of drug-likeness (QED) is 0.802. The van der Waals surface area contributed by atoms with Gasteiger partial charge in [-0.2, -0.15) is 0 Å². The number of aliphatic imine (C=N–C) groups is 1. The van der Waals surface area contributed by atoms with Crippen LogP contribution in [0.1, 0.15) is 16.8 Å². The van der Waals surface area contributed by atoms with Crippen molar-refractivity contribution in [1.82, 2.24) is 4.98 Å². The Hall–Kier alpha value is -3.01. The molecule has 2 aromatic rings. The average molecular weight is 289 g/mol. The van der Waals surface area contributed by atoms with Crippen molar-refractivity contribution in [3.8, 4) is 0 Å². The van der Waals surface area contributed by atoms with Crippen LogP contribution in [0.5, 0.6) is 0 Å². The number of pyridine rings is 1. The number of hydrogen-bond donors (Lipinski definition) is 0. The van der Waals surface area contributed by atoms with Crippen molar-refractivity contribution in [2.24, 2.45) is 4.99 Å². The summed E-state index contributed by atoms with van der Waals surface area (Å²) in [6.07, 6.45) is 11.2. The number of aromatic nitrogens is 1. The van der Waals surface area contributed by atoms with E-state index in [9.17, 15) is 4.79 Å². The Balaban J connectivity index is 2.08. The largest absolute Gasteiger partial charge is 0.298 e. The summed E-state index contributed by atoms with van der Waals surface area (Å²) in [6, 6.07) is 13.1. The highest BCUT2D eigenvalue weighted by Crippen LogP contribution is 2.29. The molecule has 0 saturated carbocycles. The molecule has 1 aliphatic rings. The van der Waals surface area contributed by atoms with Gasteiger partial charge in [0.1, 0.15) is 17.9 Å². The van der Waals surface area contributed by atoms with Crippen LogP contribution in [0.4, 0.5) is 11.5 Å². The fraction of sp³-hybridized carbons (Fsp3) is 0.0556. The minimum atomic E-state index is 0.642. The predicted molar refractivity (Wildman–Crippen MR) is 88.5 cm³/mol. The van der Waals surface area contributed by atoms with Gasteiger partial charge in [0.15, 0.2) is 0 Å². The first-order valence-electron chi connectivity index (χ1n) is 7.04. The first-order valence-corrected chi connectivity index (χ1v) is 7.04. The van der Waals surface area contributed by atoms with Crippen molar-refractivity contribution in [3.05, 3.63) is 78.3 Å². The van der Waals surface area contributed by atoms with Crippen LogP contribution >= 0.6 is 0 Å². The fourth-order valence-corrected chi connectivity index (χ4v) is 2.18. The Labute approximate surface area is 129 Å². The van der Waals surface area contributed by atoms with Gasteiger partial charge in [-0.3, -0.25) is 9.69 Å². The number of nitrogens with zero attached hydrogens (tertiary/aromatic N) is 3. The summed E-state index contributed by atoms with van der Waals surface area (Å²) in [5, 5.41) is 0. The molecule has 0 spiro atoms. The second-order valence-electron chi connectivity index (χ2n) is 4.73. The molecule has 3 rings (SSSR count). The lowest BCUT2D eigenvalue weighted by molar-refractivity contribution is 0.112. The van der Waals surface area contributed by atoms with E-state index in [0.717, 1.165) is 30.0 Å². The van der Waals surface area contributed by atoms with Gasteiger partial charge in [0, 0.05) is 30.1 Å². The summed E-state index contributed by atoms with van der Waals surface area (Å²) in [5.74, 6) is 1.56. The van der Waals surface area contributed by atoms with Gasteiger partial charge in [0.25, 0.3) is 0 Å². The van der Waals surface area contributed by atoms with Crippen molar-refractivity contribution < 1.29 is 4.79 Å². The van der Waals surface area contributed by atoms with Gasteiger partial charge in [0.2, 0.25) is 0 Å². The molecule has 0 N–H and O–H groups in total. The van der Waals surface area contributed by atoms with Gasteiger partial charge < -0.3 is 0 Å². The molecule has 0 saturated heterocycles. The van der Waals surface area contributed by atoms with Crippen molar-refractivity contribution in [3.63, 3.8) is 0 Å². The molecule has 4 nitrogen and oxygen atoms in total. The van der Waals surface area contributed by atoms with Gasteiger partial charge in [-0.25, -0.2) is 9.98 Å². The van der Waals surface area contributed by atoms with E-state index in [2.05, 4.69) is 9.98 Å². The molecular formula is C18H15N3O. The first-order chi connectivity index (χ1) is 10.9. The SMILES string of the molecule is O=Cc1ccc(N(C2=CC=CCC=N2)c2ccccn2)cc1. The van der Waals surface area contributed by atoms with E-state index in [-0.39, 0.29) is 0 Å². The van der Waals surface area contributed by atoms with Crippen LogP contribution < -0.4 is 4.90 Å². The van der Waals surface area contributed by atoms with E-state index < -0.39 is 0 Å². The van der Waals surface area contributed by atoms with E-state index in [1.165, 1.54) is 0 Å². The van der Waals surface area contributed by atoms with Crippen LogP contribution in [0.3, 0.4) is 0 Å². The number of allylic oxidation sites excluding steroid dienone is 3. The van der Waals surface area contributed by atoms with Crippen LogP contribution in [-0.4, -0.2) is 17.5 Å². The Morgan fingerprint density at radius 2 is 1.95 bits per heavy atom. The monoisotopic (exact) mass is 289 g/mol. The summed E-state index contributed by atoms with van der Waals surface area (Å²) >= 11 is 0. The van der Waals surface area contributed by atoms with E-state index in [1.807, 2.05) is 59.7 Å². The topological polar surface area (TPSA) is 45.6 Å². The molecule has 0 aliphatic carbocycles. The minimum absolute atomic E-state index is 0.642. The van der Waals surface area contributed by atoms with Gasteiger partial charge in [-0.15, -0.1) is 0 Å². The Bertz CT molecular complexity index is 731. The van der Waals surface area contributed by atoms with Crippen molar-refractivity contribution >= 4 is 24.0 Å². The second-order valence-corrected chi connectivity index (χ2v) is 4.73. The molecule has 4 heteroatoms. The highest BCUT2D eigenvalue weighted by molar-refractivity contribution is 5.77. The first kappa shape index (κ1) is 13.9. The number of benzene rings is 1. The highest BCUT2D eigenvalue weighted by Gasteiger charge is 2.15. The van der Waals surface area contributed by atoms with Gasteiger partial charge in [-0.05, 0) is 42.5 Å². The Morgan fingerprint density at radius 3 is 2.68 bits per heavy atom. The maximum absolute atomic E-state index is 10.8. The molecule has 0 atom stereocenters. The zero-order chi connectivity index (χ0) is 15.2. The third-order valence-electron chi connectivity index (χ3n) is 3.24. The molecule has 1 aromatic heterocycles. The molecule has 22 heavy (non-hydrogen) atoms. The van der Waals surface area contributed by atoms with E-state index in [4.69, 9.17) is 0 Å². The van der Waals surface area contributed by atoms with Gasteiger partial charge >= 0.3 is 0 Å².